The predicted molar refractivity (Wildman–Crippen MR) is 425 cm³/mol. The maximum Gasteiger partial charge on any atom is 0.160 e. The summed E-state index contributed by atoms with van der Waals surface area (Å²) >= 11 is 0. The molecule has 0 radical (unpaired) electrons. The molecule has 0 unspecified atom stereocenters. The lowest BCUT2D eigenvalue weighted by Crippen LogP contribution is -2.10. The van der Waals surface area contributed by atoms with Crippen molar-refractivity contribution in [2.24, 2.45) is 0 Å². The van der Waals surface area contributed by atoms with Gasteiger partial charge in [-0.1, -0.05) is 188 Å². The van der Waals surface area contributed by atoms with Crippen LogP contribution in [0.4, 0.5) is 51.2 Å². The first-order valence-electron chi connectivity index (χ1n) is 34.6. The number of benzene rings is 15. The minimum atomic E-state index is 0.617. The molecule has 4 heterocycles. The van der Waals surface area contributed by atoms with E-state index >= 15 is 0 Å². The molecule has 0 N–H and O–H groups in total. The molecule has 0 amide bonds. The number of fused-ring (bicyclic) bond motifs is 9. The third-order valence-electron chi connectivity index (χ3n) is 19.8. The number of aromatic nitrogens is 5. The predicted octanol–water partition coefficient (Wildman–Crippen LogP) is 25.2. The quantitative estimate of drug-likeness (QED) is 0.102. The monoisotopic (exact) mass is 1300 g/mol. The van der Waals surface area contributed by atoms with Crippen LogP contribution in [0.3, 0.4) is 0 Å². The average molecular weight is 1310 g/mol. The number of nitrogens with zero attached hydrogens (tertiary/aromatic N) is 8. The van der Waals surface area contributed by atoms with E-state index in [2.05, 4.69) is 417 Å². The zero-order chi connectivity index (χ0) is 67.5. The third kappa shape index (κ3) is 10.5. The Balaban J connectivity index is 0.724. The van der Waals surface area contributed by atoms with Crippen molar-refractivity contribution < 1.29 is 0 Å². The smallest absolute Gasteiger partial charge is 0.160 e. The van der Waals surface area contributed by atoms with Gasteiger partial charge >= 0.3 is 0 Å². The molecule has 0 fully saturated rings. The van der Waals surface area contributed by atoms with Crippen LogP contribution in [-0.2, 0) is 0 Å². The van der Waals surface area contributed by atoms with Crippen LogP contribution in [-0.4, -0.2) is 23.7 Å². The van der Waals surface area contributed by atoms with E-state index in [9.17, 15) is 0 Å². The molecule has 0 aliphatic rings. The van der Waals surface area contributed by atoms with Crippen LogP contribution in [0.2, 0.25) is 0 Å². The SMILES string of the molecule is c1ccc(N(c2ccc(-c3cc(-c4ccc(N(c5ccccc5)c5ccc6c(c5)c5ccccc5n6-c5ccccc5)cc4)nc(-c4ccc(N(c5ccccc5)c5ccc6c(c5)c5ccccc5n6-c5ccccc5)cc4)n3)cc2)c2ccc3c(c2)c2ccccc2n3-c2ccccc2)cc1. The fourth-order valence-electron chi connectivity index (χ4n) is 15.1. The molecule has 8 heteroatoms. The molecule has 0 saturated carbocycles. The highest BCUT2D eigenvalue weighted by Gasteiger charge is 2.23. The molecule has 4 aromatic heterocycles. The van der Waals surface area contributed by atoms with Crippen LogP contribution >= 0.6 is 0 Å². The average Bonchev–Trinajstić information content (AvgIpc) is 1.60. The zero-order valence-electron chi connectivity index (χ0n) is 55.5. The second-order valence-corrected chi connectivity index (χ2v) is 25.8. The van der Waals surface area contributed by atoms with E-state index in [-0.39, 0.29) is 0 Å². The van der Waals surface area contributed by atoms with Gasteiger partial charge in [-0.25, -0.2) is 9.97 Å². The molecule has 19 rings (SSSR count). The van der Waals surface area contributed by atoms with Crippen molar-refractivity contribution >= 4 is 117 Å². The Kier molecular flexibility index (Phi) is 14.7. The number of anilines is 9. The van der Waals surface area contributed by atoms with Crippen LogP contribution in [0, 0.1) is 0 Å². The van der Waals surface area contributed by atoms with Crippen molar-refractivity contribution in [2.45, 2.75) is 0 Å². The molecule has 8 nitrogen and oxygen atoms in total. The summed E-state index contributed by atoms with van der Waals surface area (Å²) < 4.78 is 7.09. The first-order chi connectivity index (χ1) is 50.6. The number of rotatable bonds is 15. The molecule has 0 aliphatic heterocycles. The summed E-state index contributed by atoms with van der Waals surface area (Å²) in [6.45, 7) is 0. The van der Waals surface area contributed by atoms with Crippen LogP contribution in [0.15, 0.2) is 388 Å². The second kappa shape index (κ2) is 25.2. The van der Waals surface area contributed by atoms with E-state index in [1.54, 1.807) is 0 Å². The van der Waals surface area contributed by atoms with Gasteiger partial charge in [-0.05, 0) is 200 Å². The van der Waals surface area contributed by atoms with Crippen molar-refractivity contribution in [3.05, 3.63) is 388 Å². The van der Waals surface area contributed by atoms with Crippen LogP contribution in [0.25, 0.3) is 116 Å². The summed E-state index contributed by atoms with van der Waals surface area (Å²) in [5, 5.41) is 7.14. The lowest BCUT2D eigenvalue weighted by molar-refractivity contribution is 1.18. The molecule has 0 saturated heterocycles. The Labute approximate surface area is 590 Å². The molecule has 19 aromatic rings. The molecular weight excluding hydrogens is 1240 g/mol. The van der Waals surface area contributed by atoms with Gasteiger partial charge in [-0.2, -0.15) is 0 Å². The Morgan fingerprint density at radius 1 is 0.176 bits per heavy atom. The Hall–Kier alpha value is -13.8. The van der Waals surface area contributed by atoms with Crippen molar-refractivity contribution in [3.63, 3.8) is 0 Å². The largest absolute Gasteiger partial charge is 0.310 e. The van der Waals surface area contributed by atoms with Gasteiger partial charge in [0.1, 0.15) is 0 Å². The number of hydrogen-bond donors (Lipinski definition) is 0. The highest BCUT2D eigenvalue weighted by Crippen LogP contribution is 2.45. The molecule has 480 valence electrons. The number of hydrogen-bond acceptors (Lipinski definition) is 5. The van der Waals surface area contributed by atoms with Crippen molar-refractivity contribution in [1.82, 2.24) is 23.7 Å². The van der Waals surface area contributed by atoms with E-state index in [0.29, 0.717) is 5.82 Å². The Morgan fingerprint density at radius 2 is 0.412 bits per heavy atom. The first-order valence-corrected chi connectivity index (χ1v) is 34.6. The Bertz CT molecular complexity index is 5650. The fourth-order valence-corrected chi connectivity index (χ4v) is 15.1. The highest BCUT2D eigenvalue weighted by atomic mass is 15.2. The summed E-state index contributed by atoms with van der Waals surface area (Å²) in [7, 11) is 0. The first kappa shape index (κ1) is 59.4. The second-order valence-electron chi connectivity index (χ2n) is 25.8. The maximum absolute atomic E-state index is 5.50. The molecule has 0 atom stereocenters. The molecule has 15 aromatic carbocycles. The topological polar surface area (TPSA) is 50.3 Å². The van der Waals surface area contributed by atoms with Crippen LogP contribution in [0.5, 0.6) is 0 Å². The van der Waals surface area contributed by atoms with Crippen LogP contribution < -0.4 is 14.7 Å². The lowest BCUT2D eigenvalue weighted by atomic mass is 10.0. The van der Waals surface area contributed by atoms with Gasteiger partial charge in [-0.15, -0.1) is 0 Å². The van der Waals surface area contributed by atoms with Gasteiger partial charge in [0.05, 0.1) is 44.5 Å². The lowest BCUT2D eigenvalue weighted by Gasteiger charge is -2.26. The van der Waals surface area contributed by atoms with E-state index in [4.69, 9.17) is 9.97 Å². The molecule has 102 heavy (non-hydrogen) atoms. The van der Waals surface area contributed by atoms with Crippen molar-refractivity contribution in [2.75, 3.05) is 14.7 Å². The third-order valence-corrected chi connectivity index (χ3v) is 19.8. The summed E-state index contributed by atoms with van der Waals surface area (Å²) in [6, 6.07) is 139. The van der Waals surface area contributed by atoms with Crippen molar-refractivity contribution in [1.29, 1.82) is 0 Å². The van der Waals surface area contributed by atoms with Crippen molar-refractivity contribution in [3.8, 4) is 51.0 Å². The summed E-state index contributed by atoms with van der Waals surface area (Å²) in [6.07, 6.45) is 0. The van der Waals surface area contributed by atoms with Gasteiger partial charge in [0.15, 0.2) is 5.82 Å². The van der Waals surface area contributed by atoms with Gasteiger partial charge in [0.25, 0.3) is 0 Å². The molecular formula is C94H64N8. The van der Waals surface area contributed by atoms with E-state index in [1.807, 2.05) is 0 Å². The Morgan fingerprint density at radius 3 is 0.716 bits per heavy atom. The normalized spacial score (nSPS) is 11.5. The van der Waals surface area contributed by atoms with Gasteiger partial charge in [-0.3, -0.25) is 0 Å². The molecule has 0 spiro atoms. The summed E-state index contributed by atoms with van der Waals surface area (Å²) in [5.74, 6) is 0.617. The van der Waals surface area contributed by atoms with Gasteiger partial charge in [0.2, 0.25) is 0 Å². The summed E-state index contributed by atoms with van der Waals surface area (Å²) in [4.78, 5) is 18.0. The zero-order valence-corrected chi connectivity index (χ0v) is 55.5. The minimum Gasteiger partial charge on any atom is -0.310 e. The van der Waals surface area contributed by atoms with Gasteiger partial charge in [0, 0.05) is 117 Å². The highest BCUT2D eigenvalue weighted by molar-refractivity contribution is 6.13. The number of para-hydroxylation sites is 9. The van der Waals surface area contributed by atoms with Crippen LogP contribution in [0.1, 0.15) is 0 Å². The van der Waals surface area contributed by atoms with Gasteiger partial charge < -0.3 is 28.4 Å². The summed E-state index contributed by atoms with van der Waals surface area (Å²) in [5.41, 5.74) is 24.1. The van der Waals surface area contributed by atoms with E-state index in [0.717, 1.165) is 113 Å². The fraction of sp³-hybridized carbons (Fsp3) is 0. The van der Waals surface area contributed by atoms with E-state index in [1.165, 1.54) is 48.9 Å². The molecule has 0 aliphatic carbocycles. The molecule has 0 bridgehead atoms. The standard InChI is InChI=1S/C94H64N8/c1-7-25-68(26-8-1)97(77-55-58-91-83(61-77)80-37-19-22-40-88(80)100(91)71-31-13-4-14-32-71)74-49-43-65(44-50-74)86-64-87(66-45-51-75(52-46-66)98(69-27-9-2-10-28-69)78-56-59-92-84(62-78)81-38-20-23-41-89(81)101(92)72-33-15-5-16-34-72)96-94(95-86)67-47-53-76(54-48-67)99(70-29-11-3-12-30-70)79-57-60-93-85(63-79)82-39-21-24-42-90(82)102(93)73-35-17-6-18-36-73/h1-64H. The minimum absolute atomic E-state index is 0.617. The van der Waals surface area contributed by atoms with E-state index < -0.39 is 0 Å². The maximum atomic E-state index is 5.50.